The first-order valence-electron chi connectivity index (χ1n) is 27.1. The first kappa shape index (κ1) is 44.6. The van der Waals surface area contributed by atoms with Gasteiger partial charge in [0.05, 0.1) is 38.8 Å². The Bertz CT molecular complexity index is 5200. The van der Waals surface area contributed by atoms with Gasteiger partial charge < -0.3 is 13.7 Å². The molecule has 0 saturated heterocycles. The maximum Gasteiger partial charge on any atom is 0.166 e. The van der Waals surface area contributed by atoms with E-state index in [1.165, 1.54) is 41.7 Å². The molecule has 80 heavy (non-hydrogen) atoms. The minimum atomic E-state index is 0.576. The monoisotopic (exact) mass is 1040 g/mol. The van der Waals surface area contributed by atoms with E-state index < -0.39 is 0 Å². The molecule has 0 radical (unpaired) electrons. The molecule has 0 saturated carbocycles. The van der Waals surface area contributed by atoms with Crippen LogP contribution in [-0.4, -0.2) is 28.7 Å². The van der Waals surface area contributed by atoms with Crippen LogP contribution in [-0.2, 0) is 0 Å². The number of fused-ring (bicyclic) bond motifs is 13. The highest BCUT2D eigenvalue weighted by Crippen LogP contribution is 2.45. The molecular weight excluding hydrogens is 993 g/mol. The fourth-order valence-electron chi connectivity index (χ4n) is 12.7. The van der Waals surface area contributed by atoms with Gasteiger partial charge in [-0.1, -0.05) is 164 Å². The first-order valence-corrected chi connectivity index (χ1v) is 27.9. The molecule has 5 aromatic heterocycles. The summed E-state index contributed by atoms with van der Waals surface area (Å²) in [7, 11) is 0. The fraction of sp³-hybridized carbons (Fsp3) is 0. The van der Waals surface area contributed by atoms with Crippen LogP contribution in [0.3, 0.4) is 0 Å². The lowest BCUT2D eigenvalue weighted by Gasteiger charge is -2.17. The Labute approximate surface area is 463 Å². The zero-order valence-corrected chi connectivity index (χ0v) is 43.8. The van der Waals surface area contributed by atoms with Crippen molar-refractivity contribution in [3.63, 3.8) is 0 Å². The number of rotatable bonds is 7. The second-order valence-electron chi connectivity index (χ2n) is 20.7. The van der Waals surface area contributed by atoms with Gasteiger partial charge in [-0.05, 0) is 119 Å². The molecule has 0 amide bonds. The number of aromatic nitrogens is 6. The molecule has 0 unspecified atom stereocenters. The number of thiophene rings is 1. The Kier molecular flexibility index (Phi) is 9.78. The summed E-state index contributed by atoms with van der Waals surface area (Å²) in [6.07, 6.45) is 0. The lowest BCUT2D eigenvalue weighted by molar-refractivity contribution is 1.07. The largest absolute Gasteiger partial charge is 0.309 e. The Balaban J connectivity index is 0.977. The molecule has 0 fully saturated rings. The summed E-state index contributed by atoms with van der Waals surface area (Å²) >= 11 is 1.84. The molecule has 17 rings (SSSR count). The maximum atomic E-state index is 5.65. The number of benzene rings is 12. The fourth-order valence-corrected chi connectivity index (χ4v) is 13.8. The van der Waals surface area contributed by atoms with Crippen molar-refractivity contribution in [3.8, 4) is 62.4 Å². The van der Waals surface area contributed by atoms with Crippen molar-refractivity contribution in [1.82, 2.24) is 28.7 Å². The van der Waals surface area contributed by atoms with Crippen molar-refractivity contribution in [2.75, 3.05) is 0 Å². The average Bonchev–Trinajstić information content (AvgIpc) is 4.41. The molecule has 0 bridgehead atoms. The van der Waals surface area contributed by atoms with E-state index in [2.05, 4.69) is 281 Å². The second-order valence-corrected chi connectivity index (χ2v) is 21.8. The summed E-state index contributed by atoms with van der Waals surface area (Å²) in [4.78, 5) is 17.0. The maximum absolute atomic E-state index is 5.65. The molecule has 5 heterocycles. The van der Waals surface area contributed by atoms with Crippen molar-refractivity contribution in [1.29, 1.82) is 0 Å². The summed E-state index contributed by atoms with van der Waals surface area (Å²) in [5.41, 5.74) is 14.6. The third-order valence-corrected chi connectivity index (χ3v) is 17.4. The van der Waals surface area contributed by atoms with Crippen LogP contribution in [0.25, 0.3) is 159 Å². The number of nitrogens with zero attached hydrogens (tertiary/aromatic N) is 6. The zero-order valence-electron chi connectivity index (χ0n) is 43.0. The van der Waals surface area contributed by atoms with Crippen LogP contribution in [0, 0.1) is 0 Å². The van der Waals surface area contributed by atoms with Crippen molar-refractivity contribution < 1.29 is 0 Å². The van der Waals surface area contributed by atoms with Crippen LogP contribution in [0.5, 0.6) is 0 Å². The first-order chi connectivity index (χ1) is 39.7. The lowest BCUT2D eigenvalue weighted by Crippen LogP contribution is -2.04. The molecule has 6 nitrogen and oxygen atoms in total. The van der Waals surface area contributed by atoms with Gasteiger partial charge in [-0.3, -0.25) is 0 Å². The second kappa shape index (κ2) is 17.5. The summed E-state index contributed by atoms with van der Waals surface area (Å²) < 4.78 is 9.72. The quantitative estimate of drug-likeness (QED) is 0.160. The summed E-state index contributed by atoms with van der Waals surface area (Å²) in [5.74, 6) is 1.74. The average molecular weight is 1040 g/mol. The molecule has 12 aromatic carbocycles. The van der Waals surface area contributed by atoms with Crippen LogP contribution in [0.2, 0.25) is 0 Å². The van der Waals surface area contributed by atoms with E-state index in [9.17, 15) is 0 Å². The number of hydrogen-bond acceptors (Lipinski definition) is 4. The van der Waals surface area contributed by atoms with Crippen LogP contribution < -0.4 is 0 Å². The van der Waals surface area contributed by atoms with E-state index in [0.717, 1.165) is 99.5 Å². The molecule has 0 aliphatic rings. The van der Waals surface area contributed by atoms with E-state index in [1.54, 1.807) is 0 Å². The third-order valence-electron chi connectivity index (χ3n) is 16.3. The molecule has 0 aliphatic carbocycles. The minimum absolute atomic E-state index is 0.576. The summed E-state index contributed by atoms with van der Waals surface area (Å²) in [5, 5.41) is 11.9. The van der Waals surface area contributed by atoms with Crippen LogP contribution in [0.4, 0.5) is 0 Å². The van der Waals surface area contributed by atoms with E-state index in [4.69, 9.17) is 15.0 Å². The van der Waals surface area contributed by atoms with Gasteiger partial charge in [-0.15, -0.1) is 11.3 Å². The molecule has 17 aromatic rings. The standard InChI is InChI=1S/C73H44N6S/c1-3-21-49(22-4-1)77-62-33-13-9-25-51(62)55-29-17-31-57(69(55)77)72-74-71(75-73(76-72)58-32-18-30-56-52-26-10-14-34-63(52)78(70(56)58)50-23-5-2-6-24-50)48-37-39-65(59(43-48)47-38-40-68-61(42-47)54-28-12-16-36-67(54)80-68)79-64-35-15-11-27-53(64)60-41-45-19-7-8-20-46(45)44-66(60)79/h1-44H. The molecular formula is C73H44N6S. The predicted octanol–water partition coefficient (Wildman–Crippen LogP) is 19.4. The SMILES string of the molecule is c1ccc(-n2c3ccccc3c3cccc(-c4nc(-c5ccc(-n6c7ccccc7c7cc8ccccc8cc76)c(-c6ccc7sc8ccccc8c7c6)c5)nc(-c5cccc6c7ccccc7n(-c7ccccc7)c56)n4)c32)cc1. The smallest absolute Gasteiger partial charge is 0.166 e. The van der Waals surface area contributed by atoms with Gasteiger partial charge in [-0.25, -0.2) is 15.0 Å². The Hall–Kier alpha value is -10.5. The molecule has 0 spiro atoms. The highest BCUT2D eigenvalue weighted by atomic mass is 32.1. The lowest BCUT2D eigenvalue weighted by atomic mass is 9.98. The highest BCUT2D eigenvalue weighted by molar-refractivity contribution is 7.25. The minimum Gasteiger partial charge on any atom is -0.309 e. The zero-order chi connectivity index (χ0) is 52.4. The highest BCUT2D eigenvalue weighted by Gasteiger charge is 2.25. The third kappa shape index (κ3) is 6.74. The van der Waals surface area contributed by atoms with Crippen LogP contribution in [0.15, 0.2) is 267 Å². The topological polar surface area (TPSA) is 53.5 Å². The number of hydrogen-bond donors (Lipinski definition) is 0. The predicted molar refractivity (Wildman–Crippen MR) is 335 cm³/mol. The number of para-hydroxylation sites is 7. The van der Waals surface area contributed by atoms with Gasteiger partial charge in [-0.2, -0.15) is 0 Å². The van der Waals surface area contributed by atoms with Crippen molar-refractivity contribution in [2.24, 2.45) is 0 Å². The van der Waals surface area contributed by atoms with E-state index >= 15 is 0 Å². The Morgan fingerprint density at radius 3 is 1.36 bits per heavy atom. The van der Waals surface area contributed by atoms with E-state index in [1.807, 2.05) is 11.3 Å². The van der Waals surface area contributed by atoms with Crippen LogP contribution in [0.1, 0.15) is 0 Å². The van der Waals surface area contributed by atoms with Gasteiger partial charge in [0.15, 0.2) is 17.5 Å². The Morgan fingerprint density at radius 1 is 0.263 bits per heavy atom. The van der Waals surface area contributed by atoms with Gasteiger partial charge >= 0.3 is 0 Å². The molecule has 0 N–H and O–H groups in total. The van der Waals surface area contributed by atoms with Crippen LogP contribution >= 0.6 is 11.3 Å². The van der Waals surface area contributed by atoms with Crippen molar-refractivity contribution in [3.05, 3.63) is 267 Å². The molecule has 0 atom stereocenters. The van der Waals surface area contributed by atoms with E-state index in [-0.39, 0.29) is 0 Å². The molecule has 7 heteroatoms. The molecule has 372 valence electrons. The van der Waals surface area contributed by atoms with Gasteiger partial charge in [0, 0.05) is 86.1 Å². The van der Waals surface area contributed by atoms with E-state index in [0.29, 0.717) is 17.5 Å². The van der Waals surface area contributed by atoms with Crippen molar-refractivity contribution in [2.45, 2.75) is 0 Å². The normalized spacial score (nSPS) is 12.0. The summed E-state index contributed by atoms with van der Waals surface area (Å²) in [6.45, 7) is 0. The van der Waals surface area contributed by atoms with Crippen molar-refractivity contribution >= 4 is 108 Å². The van der Waals surface area contributed by atoms with Gasteiger partial charge in [0.1, 0.15) is 0 Å². The van der Waals surface area contributed by atoms with Gasteiger partial charge in [0.25, 0.3) is 0 Å². The Morgan fingerprint density at radius 2 is 0.738 bits per heavy atom. The van der Waals surface area contributed by atoms with Gasteiger partial charge in [0.2, 0.25) is 0 Å². The summed E-state index contributed by atoms with van der Waals surface area (Å²) in [6, 6.07) is 96.4. The molecule has 0 aliphatic heterocycles.